The minimum absolute atomic E-state index is 0. The summed E-state index contributed by atoms with van der Waals surface area (Å²) >= 11 is 0. The zero-order valence-electron chi connectivity index (χ0n) is 40.1. The summed E-state index contributed by atoms with van der Waals surface area (Å²) in [5.41, 5.74) is 14.9. The van der Waals surface area contributed by atoms with Crippen LogP contribution in [0.4, 0.5) is 0 Å². The normalized spacial score (nSPS) is 12.6. The van der Waals surface area contributed by atoms with Gasteiger partial charge in [0.05, 0.1) is 39.3 Å². The number of nitrogens with zero attached hydrogens (tertiary/aromatic N) is 4. The molecular weight excluding hydrogens is 949 g/mol. The zero-order valence-corrected chi connectivity index (χ0v) is 39.5. The Morgan fingerprint density at radius 1 is 0.524 bits per heavy atom. The third-order valence-corrected chi connectivity index (χ3v) is 11.9. The molecule has 0 atom stereocenters. The first kappa shape index (κ1) is 39.8. The molecule has 6 heteroatoms. The molecule has 5 nitrogen and oxygen atoms in total. The summed E-state index contributed by atoms with van der Waals surface area (Å²) < 4.78 is 34.5. The predicted molar refractivity (Wildman–Crippen MR) is 259 cm³/mol. The summed E-state index contributed by atoms with van der Waals surface area (Å²) in [6.45, 7) is 15.7. The molecule has 0 amide bonds. The van der Waals surface area contributed by atoms with E-state index in [1.165, 1.54) is 27.9 Å². The third kappa shape index (κ3) is 7.96. The van der Waals surface area contributed by atoms with Crippen LogP contribution in [0.5, 0.6) is 0 Å². The van der Waals surface area contributed by atoms with Crippen molar-refractivity contribution in [3.05, 3.63) is 179 Å². The van der Waals surface area contributed by atoms with Gasteiger partial charge in [-0.25, -0.2) is 0 Å². The fourth-order valence-corrected chi connectivity index (χ4v) is 8.83. The molecule has 1 radical (unpaired) electrons. The molecular formula is C57H54IrN4O-2. The van der Waals surface area contributed by atoms with Gasteiger partial charge >= 0.3 is 0 Å². The minimum atomic E-state index is -2.20. The molecule has 0 aliphatic heterocycles. The van der Waals surface area contributed by atoms with E-state index in [1.54, 1.807) is 12.1 Å². The average molecular weight is 1010 g/mol. The molecule has 0 N–H and O–H groups in total. The number of fused-ring (bicyclic) bond motifs is 5. The molecule has 0 saturated carbocycles. The standard InChI is InChI=1S/C32H29N2O.C25H25N2.Ir/c1-19(2)22-10-8-11-23(20(3)4)30(22)34-28-15-7-6-14-27(28)33-32(34)26-13-9-12-25-24-17-16-21(5)18-29(24)35-31(25)26;1-17(2)20-13-10-14-21(18(3)4)24(20)27-23-16-9-8-15-22(23)26-25(27)19-11-6-5-7-12-19;/h6-12,14-20H,1-5H3;5-11,13-18H,1-4H3;/q2*-1;/i5D3;;. The number of hydrogen-bond acceptors (Lipinski definition) is 3. The number of imidazole rings is 2. The summed E-state index contributed by atoms with van der Waals surface area (Å²) in [6, 6.07) is 53.6. The number of rotatable bonds is 8. The van der Waals surface area contributed by atoms with E-state index in [0.29, 0.717) is 34.8 Å². The number of benzene rings is 7. The number of furan rings is 1. The number of aryl methyl sites for hydroxylation is 1. The largest absolute Gasteiger partial charge is 0.501 e. The Kier molecular flexibility index (Phi) is 11.3. The molecule has 0 saturated heterocycles. The van der Waals surface area contributed by atoms with Crippen LogP contribution in [-0.4, -0.2) is 19.1 Å². The van der Waals surface area contributed by atoms with Crippen LogP contribution in [0.25, 0.3) is 78.2 Å². The molecule has 0 aliphatic carbocycles. The van der Waals surface area contributed by atoms with Crippen molar-refractivity contribution in [1.82, 2.24) is 19.1 Å². The molecule has 0 spiro atoms. The predicted octanol–water partition coefficient (Wildman–Crippen LogP) is 15.7. The van der Waals surface area contributed by atoms with Gasteiger partial charge in [-0.2, -0.15) is 0 Å². The Bertz CT molecular complexity index is 3290. The molecule has 319 valence electrons. The van der Waals surface area contributed by atoms with Gasteiger partial charge < -0.3 is 13.6 Å². The van der Waals surface area contributed by atoms with Crippen LogP contribution in [-0.2, 0) is 20.1 Å². The Hall–Kier alpha value is -6.07. The van der Waals surface area contributed by atoms with E-state index in [4.69, 9.17) is 18.5 Å². The molecule has 0 unspecified atom stereocenters. The van der Waals surface area contributed by atoms with Gasteiger partial charge in [-0.1, -0.05) is 139 Å². The zero-order chi connectivity index (χ0) is 45.7. The Labute approximate surface area is 389 Å². The second kappa shape index (κ2) is 18.0. The van der Waals surface area contributed by atoms with E-state index in [9.17, 15) is 0 Å². The first-order valence-electron chi connectivity index (χ1n) is 23.3. The molecule has 7 aromatic carbocycles. The SMILES string of the molecule is CC(C)c1cccc(C(C)C)c1-n1c(-c2[c-]cccc2)nc2ccccc21.[2H]C([2H])([2H])c1ccc2c(c1)oc1c(-c3nc4ccccc4n3-c3c(C(C)C)cccc3C(C)C)[c-]ccc12.[Ir]. The van der Waals surface area contributed by atoms with Crippen molar-refractivity contribution >= 4 is 44.0 Å². The van der Waals surface area contributed by atoms with E-state index in [0.717, 1.165) is 61.3 Å². The number of hydrogen-bond donors (Lipinski definition) is 0. The first-order valence-corrected chi connectivity index (χ1v) is 21.8. The Balaban J connectivity index is 0.000000187. The van der Waals surface area contributed by atoms with Crippen LogP contribution in [0, 0.1) is 19.0 Å². The first-order chi connectivity index (χ1) is 31.2. The maximum absolute atomic E-state index is 7.83. The monoisotopic (exact) mass is 1010 g/mol. The topological polar surface area (TPSA) is 48.8 Å². The average Bonchev–Trinajstić information content (AvgIpc) is 4.00. The number of para-hydroxylation sites is 6. The molecule has 63 heavy (non-hydrogen) atoms. The second-order valence-corrected chi connectivity index (χ2v) is 17.4. The van der Waals surface area contributed by atoms with Gasteiger partial charge in [-0.05, 0) is 88.7 Å². The summed E-state index contributed by atoms with van der Waals surface area (Å²) in [6.07, 6.45) is 0. The Morgan fingerprint density at radius 2 is 1.05 bits per heavy atom. The molecule has 0 fully saturated rings. The second-order valence-electron chi connectivity index (χ2n) is 17.4. The van der Waals surface area contributed by atoms with Crippen LogP contribution >= 0.6 is 0 Å². The van der Waals surface area contributed by atoms with Crippen molar-refractivity contribution < 1.29 is 28.6 Å². The minimum Gasteiger partial charge on any atom is -0.501 e. The van der Waals surface area contributed by atoms with E-state index >= 15 is 0 Å². The fraction of sp³-hybridized carbons (Fsp3) is 0.228. The van der Waals surface area contributed by atoms with Gasteiger partial charge in [0.15, 0.2) is 0 Å². The smallest absolute Gasteiger partial charge is 0.121 e. The van der Waals surface area contributed by atoms with Gasteiger partial charge in [0.2, 0.25) is 0 Å². The summed E-state index contributed by atoms with van der Waals surface area (Å²) in [5.74, 6) is 3.16. The van der Waals surface area contributed by atoms with Gasteiger partial charge in [-0.3, -0.25) is 9.97 Å². The maximum Gasteiger partial charge on any atom is 0.121 e. The molecule has 0 bridgehead atoms. The summed E-state index contributed by atoms with van der Waals surface area (Å²) in [5, 5.41) is 1.78. The van der Waals surface area contributed by atoms with E-state index in [-0.39, 0.29) is 25.7 Å². The van der Waals surface area contributed by atoms with Crippen molar-refractivity contribution in [2.24, 2.45) is 0 Å². The molecule has 10 rings (SSSR count). The Morgan fingerprint density at radius 3 is 1.57 bits per heavy atom. The van der Waals surface area contributed by atoms with Gasteiger partial charge in [0, 0.05) is 41.0 Å². The van der Waals surface area contributed by atoms with Crippen LogP contribution in [0.1, 0.15) is 111 Å². The van der Waals surface area contributed by atoms with Crippen LogP contribution in [0.15, 0.2) is 144 Å². The third-order valence-electron chi connectivity index (χ3n) is 11.9. The quantitative estimate of drug-likeness (QED) is 0.143. The van der Waals surface area contributed by atoms with Gasteiger partial charge in [0.25, 0.3) is 0 Å². The van der Waals surface area contributed by atoms with Gasteiger partial charge in [-0.15, -0.1) is 54.1 Å². The van der Waals surface area contributed by atoms with Gasteiger partial charge in [0.1, 0.15) is 5.58 Å². The fourth-order valence-electron chi connectivity index (χ4n) is 8.83. The van der Waals surface area contributed by atoms with Crippen molar-refractivity contribution in [1.29, 1.82) is 0 Å². The van der Waals surface area contributed by atoms with Crippen molar-refractivity contribution in [3.63, 3.8) is 0 Å². The van der Waals surface area contributed by atoms with Crippen LogP contribution in [0.3, 0.4) is 0 Å². The van der Waals surface area contributed by atoms with Crippen LogP contribution in [0.2, 0.25) is 0 Å². The van der Waals surface area contributed by atoms with Crippen molar-refractivity contribution in [2.75, 3.05) is 0 Å². The van der Waals surface area contributed by atoms with Crippen molar-refractivity contribution in [3.8, 4) is 34.2 Å². The maximum atomic E-state index is 7.83. The molecule has 3 heterocycles. The van der Waals surface area contributed by atoms with Crippen molar-refractivity contribution in [2.45, 2.75) is 85.9 Å². The molecule has 10 aromatic rings. The summed E-state index contributed by atoms with van der Waals surface area (Å²) in [4.78, 5) is 10.1. The molecule has 3 aromatic heterocycles. The molecule has 0 aliphatic rings. The van der Waals surface area contributed by atoms with E-state index < -0.39 is 6.85 Å². The summed E-state index contributed by atoms with van der Waals surface area (Å²) in [7, 11) is 0. The van der Waals surface area contributed by atoms with Crippen LogP contribution < -0.4 is 0 Å². The van der Waals surface area contributed by atoms with E-state index in [2.05, 4.69) is 149 Å². The van der Waals surface area contributed by atoms with E-state index in [1.807, 2.05) is 54.6 Å². The number of aromatic nitrogens is 4.